The van der Waals surface area contributed by atoms with E-state index in [0.717, 1.165) is 54.5 Å². The van der Waals surface area contributed by atoms with Gasteiger partial charge < -0.3 is 10.3 Å². The molecule has 1 aliphatic heterocycles. The number of pyridine rings is 1. The molecule has 1 amide bonds. The van der Waals surface area contributed by atoms with E-state index in [1.807, 2.05) is 36.4 Å². The fraction of sp³-hybridized carbons (Fsp3) is 0.381. The second kappa shape index (κ2) is 8.95. The Morgan fingerprint density at radius 2 is 1.93 bits per heavy atom. The standard InChI is InChI=1S/C21H26N6O/c28-21(19-14-18(26-27-19)15-9-12-22-13-10-15)23-11-5-1-2-8-20-24-16-6-3-4-7-17(16)25-20/h3-4,6-7,9-10,12-13,18-19,26-27H,1-2,5,8,11,14H2,(H,23,28)(H,24,25). The first-order chi connectivity index (χ1) is 13.8. The molecule has 2 atom stereocenters. The van der Waals surface area contributed by atoms with E-state index in [4.69, 9.17) is 0 Å². The maximum atomic E-state index is 12.3. The molecule has 0 bridgehead atoms. The van der Waals surface area contributed by atoms with Crippen molar-refractivity contribution >= 4 is 16.9 Å². The quantitative estimate of drug-likeness (QED) is 0.452. The molecule has 7 heteroatoms. The maximum absolute atomic E-state index is 12.3. The summed E-state index contributed by atoms with van der Waals surface area (Å²) in [6.45, 7) is 0.705. The third-order valence-electron chi connectivity index (χ3n) is 5.16. The first-order valence-corrected chi connectivity index (χ1v) is 9.92. The molecule has 2 unspecified atom stereocenters. The predicted octanol–water partition coefficient (Wildman–Crippen LogP) is 2.39. The number of nitrogens with one attached hydrogen (secondary N) is 4. The number of benzene rings is 1. The van der Waals surface area contributed by atoms with Gasteiger partial charge in [0.15, 0.2) is 0 Å². The number of aryl methyl sites for hydroxylation is 1. The second-order valence-electron chi connectivity index (χ2n) is 7.21. The molecule has 0 spiro atoms. The van der Waals surface area contributed by atoms with Crippen LogP contribution in [0.15, 0.2) is 48.8 Å². The first kappa shape index (κ1) is 18.6. The molecule has 28 heavy (non-hydrogen) atoms. The van der Waals surface area contributed by atoms with E-state index in [2.05, 4.69) is 31.1 Å². The van der Waals surface area contributed by atoms with Crippen molar-refractivity contribution in [2.45, 2.75) is 44.2 Å². The van der Waals surface area contributed by atoms with Crippen LogP contribution in [0.3, 0.4) is 0 Å². The molecule has 4 N–H and O–H groups in total. The summed E-state index contributed by atoms with van der Waals surface area (Å²) >= 11 is 0. The van der Waals surface area contributed by atoms with Crippen molar-refractivity contribution in [2.24, 2.45) is 0 Å². The number of aromatic amines is 1. The van der Waals surface area contributed by atoms with Gasteiger partial charge in [0.05, 0.1) is 11.0 Å². The molecule has 1 fully saturated rings. The Balaban J connectivity index is 1.12. The van der Waals surface area contributed by atoms with E-state index in [1.54, 1.807) is 12.4 Å². The number of imidazole rings is 1. The van der Waals surface area contributed by atoms with E-state index in [0.29, 0.717) is 6.54 Å². The average molecular weight is 378 g/mol. The molecule has 1 aromatic carbocycles. The first-order valence-electron chi connectivity index (χ1n) is 9.92. The number of carbonyl (C=O) groups is 1. The summed E-state index contributed by atoms with van der Waals surface area (Å²) in [7, 11) is 0. The van der Waals surface area contributed by atoms with Crippen molar-refractivity contribution in [1.29, 1.82) is 0 Å². The van der Waals surface area contributed by atoms with E-state index < -0.39 is 0 Å². The van der Waals surface area contributed by atoms with Crippen molar-refractivity contribution in [3.8, 4) is 0 Å². The highest BCUT2D eigenvalue weighted by Gasteiger charge is 2.29. The topological polar surface area (TPSA) is 94.7 Å². The number of rotatable bonds is 8. The molecule has 2 aromatic heterocycles. The SMILES string of the molecule is O=C(NCCCCCc1nc2ccccc2[nH]1)C1CC(c2ccncc2)NN1. The number of aromatic nitrogens is 3. The lowest BCUT2D eigenvalue weighted by molar-refractivity contribution is -0.122. The van der Waals surface area contributed by atoms with Crippen molar-refractivity contribution in [2.75, 3.05) is 6.54 Å². The Labute approximate surface area is 164 Å². The molecule has 0 radical (unpaired) electrons. The minimum atomic E-state index is -0.200. The van der Waals surface area contributed by atoms with Gasteiger partial charge in [-0.25, -0.2) is 15.8 Å². The van der Waals surface area contributed by atoms with Gasteiger partial charge in [-0.05, 0) is 49.1 Å². The number of amides is 1. The Bertz CT molecular complexity index is 876. The van der Waals surface area contributed by atoms with Crippen LogP contribution in [0.5, 0.6) is 0 Å². The zero-order valence-corrected chi connectivity index (χ0v) is 15.8. The van der Waals surface area contributed by atoms with Crippen molar-refractivity contribution in [3.05, 3.63) is 60.2 Å². The highest BCUT2D eigenvalue weighted by molar-refractivity contribution is 5.82. The largest absolute Gasteiger partial charge is 0.355 e. The molecular formula is C21H26N6O. The lowest BCUT2D eigenvalue weighted by atomic mass is 10.0. The Morgan fingerprint density at radius 3 is 2.79 bits per heavy atom. The van der Waals surface area contributed by atoms with Crippen molar-refractivity contribution in [3.63, 3.8) is 0 Å². The van der Waals surface area contributed by atoms with Gasteiger partial charge in [-0.3, -0.25) is 9.78 Å². The lowest BCUT2D eigenvalue weighted by Gasteiger charge is -2.10. The molecule has 4 rings (SSSR count). The van der Waals surface area contributed by atoms with Gasteiger partial charge in [0, 0.05) is 31.4 Å². The van der Waals surface area contributed by atoms with Crippen LogP contribution in [-0.4, -0.2) is 33.4 Å². The number of hydrazine groups is 1. The summed E-state index contributed by atoms with van der Waals surface area (Å²) in [6, 6.07) is 12.0. The van der Waals surface area contributed by atoms with Gasteiger partial charge in [0.25, 0.3) is 0 Å². The van der Waals surface area contributed by atoms with Gasteiger partial charge >= 0.3 is 0 Å². The van der Waals surface area contributed by atoms with Gasteiger partial charge in [-0.2, -0.15) is 0 Å². The number of hydrogen-bond donors (Lipinski definition) is 4. The van der Waals surface area contributed by atoms with Gasteiger partial charge in [0.2, 0.25) is 5.91 Å². The third kappa shape index (κ3) is 4.55. The zero-order valence-electron chi connectivity index (χ0n) is 15.8. The van der Waals surface area contributed by atoms with Crippen LogP contribution >= 0.6 is 0 Å². The van der Waals surface area contributed by atoms with Crippen LogP contribution in [0.25, 0.3) is 11.0 Å². The molecular weight excluding hydrogens is 352 g/mol. The molecule has 0 saturated carbocycles. The minimum Gasteiger partial charge on any atom is -0.355 e. The Hall–Kier alpha value is -2.77. The summed E-state index contributed by atoms with van der Waals surface area (Å²) in [6.07, 6.45) is 8.31. The van der Waals surface area contributed by atoms with E-state index in [9.17, 15) is 4.79 Å². The Morgan fingerprint density at radius 1 is 1.07 bits per heavy atom. The molecule has 3 aromatic rings. The van der Waals surface area contributed by atoms with E-state index in [1.165, 1.54) is 0 Å². The number of para-hydroxylation sites is 2. The molecule has 7 nitrogen and oxygen atoms in total. The zero-order chi connectivity index (χ0) is 19.2. The van der Waals surface area contributed by atoms with E-state index in [-0.39, 0.29) is 18.0 Å². The average Bonchev–Trinajstić information content (AvgIpc) is 3.38. The predicted molar refractivity (Wildman–Crippen MR) is 108 cm³/mol. The summed E-state index contributed by atoms with van der Waals surface area (Å²) < 4.78 is 0. The van der Waals surface area contributed by atoms with Crippen LogP contribution in [0, 0.1) is 0 Å². The molecule has 0 aliphatic carbocycles. The third-order valence-corrected chi connectivity index (χ3v) is 5.16. The van der Waals surface area contributed by atoms with E-state index >= 15 is 0 Å². The summed E-state index contributed by atoms with van der Waals surface area (Å²) in [4.78, 5) is 24.3. The highest BCUT2D eigenvalue weighted by atomic mass is 16.2. The van der Waals surface area contributed by atoms with Gasteiger partial charge in [-0.1, -0.05) is 18.6 Å². The van der Waals surface area contributed by atoms with Gasteiger partial charge in [0.1, 0.15) is 11.9 Å². The fourth-order valence-electron chi connectivity index (χ4n) is 3.60. The monoisotopic (exact) mass is 378 g/mol. The maximum Gasteiger partial charge on any atom is 0.238 e. The smallest absolute Gasteiger partial charge is 0.238 e. The number of nitrogens with zero attached hydrogens (tertiary/aromatic N) is 2. The van der Waals surface area contributed by atoms with Crippen LogP contribution < -0.4 is 16.2 Å². The number of carbonyl (C=O) groups excluding carboxylic acids is 1. The number of H-pyrrole nitrogens is 1. The molecule has 146 valence electrons. The summed E-state index contributed by atoms with van der Waals surface area (Å²) in [5, 5.41) is 3.04. The van der Waals surface area contributed by atoms with Crippen LogP contribution in [0.2, 0.25) is 0 Å². The van der Waals surface area contributed by atoms with Crippen LogP contribution in [0.1, 0.15) is 43.1 Å². The highest BCUT2D eigenvalue weighted by Crippen LogP contribution is 2.21. The Kier molecular flexibility index (Phi) is 5.94. The minimum absolute atomic E-state index is 0.0568. The second-order valence-corrected chi connectivity index (χ2v) is 7.21. The normalized spacial score (nSPS) is 19.1. The lowest BCUT2D eigenvalue weighted by Crippen LogP contribution is -2.43. The summed E-state index contributed by atoms with van der Waals surface area (Å²) in [5.74, 6) is 1.09. The number of fused-ring (bicyclic) bond motifs is 1. The number of hydrogen-bond acceptors (Lipinski definition) is 5. The van der Waals surface area contributed by atoms with Crippen molar-refractivity contribution < 1.29 is 4.79 Å². The van der Waals surface area contributed by atoms with Gasteiger partial charge in [-0.15, -0.1) is 0 Å². The molecule has 1 aliphatic rings. The van der Waals surface area contributed by atoms with Crippen LogP contribution in [-0.2, 0) is 11.2 Å². The summed E-state index contributed by atoms with van der Waals surface area (Å²) in [5.41, 5.74) is 9.54. The fourth-order valence-corrected chi connectivity index (χ4v) is 3.60. The van der Waals surface area contributed by atoms with Crippen LogP contribution in [0.4, 0.5) is 0 Å². The molecule has 1 saturated heterocycles. The number of unbranched alkanes of at least 4 members (excludes halogenated alkanes) is 2. The van der Waals surface area contributed by atoms with Crippen molar-refractivity contribution in [1.82, 2.24) is 31.1 Å². The molecule has 3 heterocycles.